The van der Waals surface area contributed by atoms with E-state index in [1.54, 1.807) is 6.92 Å². The second-order valence-electron chi connectivity index (χ2n) is 5.46. The molecule has 1 atom stereocenters. The van der Waals surface area contributed by atoms with E-state index in [1.807, 2.05) is 60.7 Å². The van der Waals surface area contributed by atoms with Crippen molar-refractivity contribution in [2.75, 3.05) is 6.61 Å². The molecule has 0 heterocycles. The first kappa shape index (κ1) is 16.7. The molecule has 0 unspecified atom stereocenters. The number of carbonyl (C=O) groups excluding carboxylic acids is 1. The largest absolute Gasteiger partial charge is 0.442 e. The van der Waals surface area contributed by atoms with Crippen molar-refractivity contribution in [2.45, 2.75) is 25.6 Å². The Morgan fingerprint density at radius 1 is 1.04 bits per heavy atom. The Balaban J connectivity index is 1.83. The highest BCUT2D eigenvalue weighted by atomic mass is 16.6. The fourth-order valence-electron chi connectivity index (χ4n) is 2.19. The van der Waals surface area contributed by atoms with E-state index in [0.29, 0.717) is 13.0 Å². The van der Waals surface area contributed by atoms with Gasteiger partial charge in [-0.05, 0) is 18.1 Å². The van der Waals surface area contributed by atoms with Crippen LogP contribution in [0.3, 0.4) is 0 Å². The average Bonchev–Trinajstić information content (AvgIpc) is 2.56. The maximum absolute atomic E-state index is 11.9. The molecule has 0 aliphatic carbocycles. The van der Waals surface area contributed by atoms with Crippen molar-refractivity contribution in [1.82, 2.24) is 0 Å². The molecule has 23 heavy (non-hydrogen) atoms. The van der Waals surface area contributed by atoms with Crippen molar-refractivity contribution in [3.8, 4) is 6.07 Å². The minimum atomic E-state index is -1.20. The number of ether oxygens (including phenoxy) is 2. The van der Waals surface area contributed by atoms with E-state index in [9.17, 15) is 10.1 Å². The van der Waals surface area contributed by atoms with E-state index in [1.165, 1.54) is 0 Å². The van der Waals surface area contributed by atoms with Crippen LogP contribution >= 0.6 is 0 Å². The topological polar surface area (TPSA) is 59.3 Å². The average molecular weight is 309 g/mol. The van der Waals surface area contributed by atoms with E-state index in [-0.39, 0.29) is 6.61 Å². The van der Waals surface area contributed by atoms with Crippen molar-refractivity contribution in [3.63, 3.8) is 0 Å². The Kier molecular flexibility index (Phi) is 5.90. The highest BCUT2D eigenvalue weighted by Crippen LogP contribution is 2.17. The van der Waals surface area contributed by atoms with Crippen LogP contribution in [0.1, 0.15) is 18.1 Å². The summed E-state index contributed by atoms with van der Waals surface area (Å²) in [6.07, 6.45) is 0.342. The summed E-state index contributed by atoms with van der Waals surface area (Å²) in [5.74, 6) is -0.541. The molecule has 118 valence electrons. The number of rotatable bonds is 7. The SMILES string of the molecule is C[C@@](C#N)(Cc1ccccc1)OC(=O)COCc1ccccc1. The first-order chi connectivity index (χ1) is 11.1. The quantitative estimate of drug-likeness (QED) is 0.737. The normalized spacial score (nSPS) is 12.9. The van der Waals surface area contributed by atoms with Gasteiger partial charge in [-0.15, -0.1) is 0 Å². The van der Waals surface area contributed by atoms with E-state index in [4.69, 9.17) is 9.47 Å². The number of benzene rings is 2. The van der Waals surface area contributed by atoms with E-state index in [0.717, 1.165) is 11.1 Å². The lowest BCUT2D eigenvalue weighted by atomic mass is 9.98. The predicted molar refractivity (Wildman–Crippen MR) is 86.4 cm³/mol. The molecular formula is C19H19NO3. The molecule has 0 N–H and O–H groups in total. The van der Waals surface area contributed by atoms with Gasteiger partial charge < -0.3 is 9.47 Å². The maximum Gasteiger partial charge on any atom is 0.333 e. The lowest BCUT2D eigenvalue weighted by molar-refractivity contribution is -0.159. The first-order valence-electron chi connectivity index (χ1n) is 7.40. The molecule has 0 fully saturated rings. The third-order valence-corrected chi connectivity index (χ3v) is 3.29. The zero-order chi connectivity index (χ0) is 16.5. The molecule has 0 amide bonds. The van der Waals surface area contributed by atoms with Gasteiger partial charge in [-0.25, -0.2) is 4.79 Å². The van der Waals surface area contributed by atoms with Gasteiger partial charge in [0.1, 0.15) is 12.7 Å². The fraction of sp³-hybridized carbons (Fsp3) is 0.263. The van der Waals surface area contributed by atoms with Gasteiger partial charge in [-0.1, -0.05) is 60.7 Å². The van der Waals surface area contributed by atoms with Gasteiger partial charge in [0.15, 0.2) is 5.60 Å². The second kappa shape index (κ2) is 8.11. The molecule has 0 aromatic heterocycles. The van der Waals surface area contributed by atoms with Crippen LogP contribution in [0.4, 0.5) is 0 Å². The van der Waals surface area contributed by atoms with Gasteiger partial charge >= 0.3 is 5.97 Å². The molecular weight excluding hydrogens is 290 g/mol. The minimum Gasteiger partial charge on any atom is -0.442 e. The number of esters is 1. The van der Waals surface area contributed by atoms with Crippen LogP contribution in [0.15, 0.2) is 60.7 Å². The highest BCUT2D eigenvalue weighted by molar-refractivity contribution is 5.71. The Hall–Kier alpha value is -2.64. The Labute approximate surface area is 136 Å². The summed E-state index contributed by atoms with van der Waals surface area (Å²) in [6, 6.07) is 21.1. The monoisotopic (exact) mass is 309 g/mol. The van der Waals surface area contributed by atoms with Crippen LogP contribution in [0.5, 0.6) is 0 Å². The van der Waals surface area contributed by atoms with Crippen LogP contribution in [0.25, 0.3) is 0 Å². The van der Waals surface area contributed by atoms with Gasteiger partial charge in [0.2, 0.25) is 0 Å². The summed E-state index contributed by atoms with van der Waals surface area (Å²) in [5, 5.41) is 9.33. The molecule has 0 bridgehead atoms. The molecule has 2 aromatic rings. The Bertz CT molecular complexity index is 664. The van der Waals surface area contributed by atoms with Gasteiger partial charge in [-0.3, -0.25) is 0 Å². The maximum atomic E-state index is 11.9. The number of nitrogens with zero attached hydrogens (tertiary/aromatic N) is 1. The van der Waals surface area contributed by atoms with Crippen LogP contribution in [-0.4, -0.2) is 18.2 Å². The smallest absolute Gasteiger partial charge is 0.333 e. The van der Waals surface area contributed by atoms with Crippen molar-refractivity contribution < 1.29 is 14.3 Å². The van der Waals surface area contributed by atoms with Crippen LogP contribution < -0.4 is 0 Å². The summed E-state index contributed by atoms with van der Waals surface area (Å²) in [5.41, 5.74) is 0.719. The minimum absolute atomic E-state index is 0.180. The number of hydrogen-bond acceptors (Lipinski definition) is 4. The standard InChI is InChI=1S/C19H19NO3/c1-19(15-20,12-16-8-4-2-5-9-16)23-18(21)14-22-13-17-10-6-3-7-11-17/h2-11H,12-14H2,1H3/t19-/m0/s1. The van der Waals surface area contributed by atoms with E-state index in [2.05, 4.69) is 6.07 Å². The number of carbonyl (C=O) groups is 1. The zero-order valence-corrected chi connectivity index (χ0v) is 13.1. The predicted octanol–water partition coefficient (Wildman–Crippen LogP) is 3.27. The van der Waals surface area contributed by atoms with Crippen molar-refractivity contribution >= 4 is 5.97 Å². The van der Waals surface area contributed by atoms with Gasteiger partial charge in [0.25, 0.3) is 0 Å². The van der Waals surface area contributed by atoms with E-state index >= 15 is 0 Å². The summed E-state index contributed by atoms with van der Waals surface area (Å²) < 4.78 is 10.6. The van der Waals surface area contributed by atoms with Gasteiger partial charge in [0.05, 0.1) is 6.61 Å². The fourth-order valence-corrected chi connectivity index (χ4v) is 2.19. The molecule has 4 nitrogen and oxygen atoms in total. The molecule has 0 saturated carbocycles. The molecule has 0 aliphatic rings. The summed E-state index contributed by atoms with van der Waals surface area (Å²) in [4.78, 5) is 11.9. The Morgan fingerprint density at radius 3 is 2.17 bits per heavy atom. The third-order valence-electron chi connectivity index (χ3n) is 3.29. The number of hydrogen-bond donors (Lipinski definition) is 0. The molecule has 0 radical (unpaired) electrons. The lowest BCUT2D eigenvalue weighted by Gasteiger charge is -2.22. The van der Waals surface area contributed by atoms with Gasteiger partial charge in [0, 0.05) is 6.42 Å². The molecule has 4 heteroatoms. The lowest BCUT2D eigenvalue weighted by Crippen LogP contribution is -2.34. The molecule has 2 aromatic carbocycles. The molecule has 0 saturated heterocycles. The first-order valence-corrected chi connectivity index (χ1v) is 7.40. The second-order valence-corrected chi connectivity index (χ2v) is 5.46. The van der Waals surface area contributed by atoms with Gasteiger partial charge in [-0.2, -0.15) is 5.26 Å². The molecule has 0 aliphatic heterocycles. The van der Waals surface area contributed by atoms with Crippen molar-refractivity contribution in [2.24, 2.45) is 0 Å². The van der Waals surface area contributed by atoms with Crippen LogP contribution in [-0.2, 0) is 27.3 Å². The Morgan fingerprint density at radius 2 is 1.61 bits per heavy atom. The number of nitriles is 1. The highest BCUT2D eigenvalue weighted by Gasteiger charge is 2.29. The zero-order valence-electron chi connectivity index (χ0n) is 13.1. The van der Waals surface area contributed by atoms with Crippen molar-refractivity contribution in [3.05, 3.63) is 71.8 Å². The molecule has 2 rings (SSSR count). The van der Waals surface area contributed by atoms with Crippen molar-refractivity contribution in [1.29, 1.82) is 5.26 Å². The molecule has 0 spiro atoms. The third kappa shape index (κ3) is 5.57. The van der Waals surface area contributed by atoms with Crippen LogP contribution in [0, 0.1) is 11.3 Å². The van der Waals surface area contributed by atoms with E-state index < -0.39 is 11.6 Å². The summed E-state index contributed by atoms with van der Waals surface area (Å²) >= 11 is 0. The summed E-state index contributed by atoms with van der Waals surface area (Å²) in [6.45, 7) is 1.76. The summed E-state index contributed by atoms with van der Waals surface area (Å²) in [7, 11) is 0. The van der Waals surface area contributed by atoms with Crippen LogP contribution in [0.2, 0.25) is 0 Å².